The minimum Gasteiger partial charge on any atom is -0.457 e. The molecule has 1 atom stereocenters. The van der Waals surface area contributed by atoms with Gasteiger partial charge in [-0.3, -0.25) is 0 Å². The summed E-state index contributed by atoms with van der Waals surface area (Å²) in [7, 11) is -4.18. The van der Waals surface area contributed by atoms with Crippen molar-refractivity contribution in [1.29, 1.82) is 0 Å². The van der Waals surface area contributed by atoms with Crippen LogP contribution >= 0.6 is 7.60 Å². The molecule has 0 bridgehead atoms. The molecule has 0 amide bonds. The molecule has 0 aliphatic rings. The van der Waals surface area contributed by atoms with Gasteiger partial charge in [-0.25, -0.2) is 9.36 Å². The van der Waals surface area contributed by atoms with Crippen LogP contribution in [0.25, 0.3) is 0 Å². The second-order valence-electron chi connectivity index (χ2n) is 2.05. The van der Waals surface area contributed by atoms with Gasteiger partial charge in [0, 0.05) is 0 Å². The van der Waals surface area contributed by atoms with Crippen LogP contribution in [-0.2, 0) is 13.8 Å². The van der Waals surface area contributed by atoms with E-state index in [0.717, 1.165) is 0 Å². The van der Waals surface area contributed by atoms with Crippen LogP contribution in [0, 0.1) is 0 Å². The molecule has 0 spiro atoms. The fourth-order valence-corrected chi connectivity index (χ4v) is 1.30. The Kier molecular flexibility index (Phi) is 5.13. The number of carbonyl (C=O) groups excluding carboxylic acids is 1. The van der Waals surface area contributed by atoms with Crippen molar-refractivity contribution in [3.8, 4) is 0 Å². The second-order valence-corrected chi connectivity index (χ2v) is 3.72. The summed E-state index contributed by atoms with van der Waals surface area (Å²) < 4.78 is 19.7. The summed E-state index contributed by atoms with van der Waals surface area (Å²) in [6.07, 6.45) is 0.573. The van der Waals surface area contributed by atoms with Crippen molar-refractivity contribution in [1.82, 2.24) is 0 Å². The zero-order valence-electron chi connectivity index (χ0n) is 7.15. The summed E-state index contributed by atoms with van der Waals surface area (Å²) in [4.78, 5) is 19.6. The molecule has 0 aromatic carbocycles. The Hall–Kier alpha value is -0.380. The highest BCUT2D eigenvalue weighted by molar-refractivity contribution is 7.70. The Balaban J connectivity index is 4.01. The summed E-state index contributed by atoms with van der Waals surface area (Å²) in [5.74, 6) is 0. The van der Waals surface area contributed by atoms with Crippen LogP contribution in [-0.4, -0.2) is 23.8 Å². The van der Waals surface area contributed by atoms with Crippen LogP contribution in [0.4, 0.5) is 4.79 Å². The summed E-state index contributed by atoms with van der Waals surface area (Å²) in [6, 6.07) is 0. The zero-order valence-corrected chi connectivity index (χ0v) is 8.04. The predicted molar refractivity (Wildman–Crippen MR) is 43.1 cm³/mol. The molecule has 0 saturated carbocycles. The van der Waals surface area contributed by atoms with E-state index in [-0.39, 0.29) is 13.2 Å². The van der Waals surface area contributed by atoms with E-state index in [4.69, 9.17) is 4.89 Å². The normalized spacial score (nSPS) is 15.2. The highest BCUT2D eigenvalue weighted by Crippen LogP contribution is 2.43. The molecule has 0 saturated heterocycles. The number of hydrogen-bond acceptors (Lipinski definition) is 4. The van der Waals surface area contributed by atoms with Gasteiger partial charge in [0.2, 0.25) is 0 Å². The SMILES string of the molecule is CCCOP(=O)(O)C(=O)OCC. The third kappa shape index (κ3) is 3.85. The highest BCUT2D eigenvalue weighted by Gasteiger charge is 2.31. The maximum Gasteiger partial charge on any atom is 0.435 e. The Labute approximate surface area is 71.2 Å². The number of carbonyl (C=O) groups is 1. The van der Waals surface area contributed by atoms with Crippen molar-refractivity contribution >= 4 is 13.3 Å². The quantitative estimate of drug-likeness (QED) is 0.678. The maximum absolute atomic E-state index is 10.9. The van der Waals surface area contributed by atoms with E-state index < -0.39 is 13.3 Å². The van der Waals surface area contributed by atoms with Crippen molar-refractivity contribution in [2.45, 2.75) is 20.3 Å². The molecule has 0 heterocycles. The van der Waals surface area contributed by atoms with Gasteiger partial charge in [0.05, 0.1) is 13.2 Å². The van der Waals surface area contributed by atoms with E-state index in [1.54, 1.807) is 13.8 Å². The first kappa shape index (κ1) is 11.6. The van der Waals surface area contributed by atoms with E-state index in [1.807, 2.05) is 0 Å². The van der Waals surface area contributed by atoms with Crippen molar-refractivity contribution < 1.29 is 23.5 Å². The monoisotopic (exact) mass is 196 g/mol. The fourth-order valence-electron chi connectivity index (χ4n) is 0.473. The van der Waals surface area contributed by atoms with E-state index in [9.17, 15) is 9.36 Å². The standard InChI is InChI=1S/C6H13O5P/c1-3-5-11-12(8,9)6(7)10-4-2/h3-5H2,1-2H3,(H,8,9). The van der Waals surface area contributed by atoms with Crippen molar-refractivity contribution in [2.75, 3.05) is 13.2 Å². The molecule has 1 unspecified atom stereocenters. The van der Waals surface area contributed by atoms with E-state index >= 15 is 0 Å². The first-order valence-corrected chi connectivity index (χ1v) is 5.27. The molecule has 5 nitrogen and oxygen atoms in total. The van der Waals surface area contributed by atoms with Gasteiger partial charge in [0.1, 0.15) is 0 Å². The molecule has 0 aliphatic carbocycles. The third-order valence-electron chi connectivity index (χ3n) is 0.969. The summed E-state index contributed by atoms with van der Waals surface area (Å²) in [5.41, 5.74) is -1.18. The van der Waals surface area contributed by atoms with Gasteiger partial charge in [0.15, 0.2) is 0 Å². The third-order valence-corrected chi connectivity index (χ3v) is 2.09. The lowest BCUT2D eigenvalue weighted by Gasteiger charge is -2.08. The molecule has 0 aromatic heterocycles. The Morgan fingerprint density at radius 2 is 2.08 bits per heavy atom. The molecule has 0 aromatic rings. The second kappa shape index (κ2) is 5.30. The number of ether oxygens (including phenoxy) is 1. The fraction of sp³-hybridized carbons (Fsp3) is 0.833. The van der Waals surface area contributed by atoms with Crippen molar-refractivity contribution in [2.24, 2.45) is 0 Å². The lowest BCUT2D eigenvalue weighted by atomic mass is 10.5. The smallest absolute Gasteiger partial charge is 0.435 e. The van der Waals surface area contributed by atoms with Crippen LogP contribution in [0.1, 0.15) is 20.3 Å². The summed E-state index contributed by atoms with van der Waals surface area (Å²) in [5, 5.41) is 0. The summed E-state index contributed by atoms with van der Waals surface area (Å²) >= 11 is 0. The van der Waals surface area contributed by atoms with Gasteiger partial charge in [-0.15, -0.1) is 0 Å². The number of hydrogen-bond donors (Lipinski definition) is 1. The number of rotatable bonds is 5. The van der Waals surface area contributed by atoms with E-state index in [2.05, 4.69) is 9.26 Å². The van der Waals surface area contributed by atoms with Crippen molar-refractivity contribution in [3.05, 3.63) is 0 Å². The minimum absolute atomic E-state index is 0.0683. The molecule has 6 heteroatoms. The first-order chi connectivity index (χ1) is 5.54. The van der Waals surface area contributed by atoms with Crippen LogP contribution in [0.3, 0.4) is 0 Å². The Bertz CT molecular complexity index is 190. The van der Waals surface area contributed by atoms with E-state index in [1.165, 1.54) is 0 Å². The lowest BCUT2D eigenvalue weighted by Crippen LogP contribution is -2.05. The Morgan fingerprint density at radius 3 is 2.50 bits per heavy atom. The average molecular weight is 196 g/mol. The van der Waals surface area contributed by atoms with Crippen LogP contribution in [0.2, 0.25) is 0 Å². The van der Waals surface area contributed by atoms with Gasteiger partial charge in [-0.1, -0.05) is 6.92 Å². The van der Waals surface area contributed by atoms with Gasteiger partial charge >= 0.3 is 13.3 Å². The zero-order chi connectivity index (χ0) is 9.61. The molecule has 0 fully saturated rings. The molecule has 0 rings (SSSR count). The van der Waals surface area contributed by atoms with Crippen LogP contribution in [0.5, 0.6) is 0 Å². The van der Waals surface area contributed by atoms with Gasteiger partial charge in [-0.05, 0) is 13.3 Å². The van der Waals surface area contributed by atoms with E-state index in [0.29, 0.717) is 6.42 Å². The lowest BCUT2D eigenvalue weighted by molar-refractivity contribution is 0.161. The maximum atomic E-state index is 10.9. The Morgan fingerprint density at radius 1 is 1.50 bits per heavy atom. The largest absolute Gasteiger partial charge is 0.457 e. The average Bonchev–Trinajstić information content (AvgIpc) is 2.01. The van der Waals surface area contributed by atoms with Gasteiger partial charge in [-0.2, -0.15) is 0 Å². The van der Waals surface area contributed by atoms with Crippen LogP contribution in [0.15, 0.2) is 0 Å². The molecule has 72 valence electrons. The molecular formula is C6H13O5P. The van der Waals surface area contributed by atoms with Gasteiger partial charge < -0.3 is 14.2 Å². The highest BCUT2D eigenvalue weighted by atomic mass is 31.2. The first-order valence-electron chi connectivity index (χ1n) is 3.69. The molecular weight excluding hydrogens is 183 g/mol. The molecule has 1 N–H and O–H groups in total. The molecule has 0 radical (unpaired) electrons. The van der Waals surface area contributed by atoms with Crippen molar-refractivity contribution in [3.63, 3.8) is 0 Å². The topological polar surface area (TPSA) is 72.8 Å². The molecule has 0 aliphatic heterocycles. The summed E-state index contributed by atoms with van der Waals surface area (Å²) in [6.45, 7) is 3.47. The predicted octanol–water partition coefficient (Wildman–Crippen LogP) is 1.75. The van der Waals surface area contributed by atoms with Crippen LogP contribution < -0.4 is 0 Å². The van der Waals surface area contributed by atoms with Gasteiger partial charge in [0.25, 0.3) is 0 Å². The minimum atomic E-state index is -4.18. The molecule has 12 heavy (non-hydrogen) atoms.